The summed E-state index contributed by atoms with van der Waals surface area (Å²) in [6.45, 7) is 0. The maximum absolute atomic E-state index is 13.6. The quantitative estimate of drug-likeness (QED) is 0.844. The molecule has 0 atom stereocenters. The van der Waals surface area contributed by atoms with Crippen molar-refractivity contribution in [1.29, 1.82) is 0 Å². The Morgan fingerprint density at radius 1 is 1.21 bits per heavy atom. The van der Waals surface area contributed by atoms with E-state index < -0.39 is 17.5 Å². The summed E-state index contributed by atoms with van der Waals surface area (Å²) in [6.07, 6.45) is 0. The summed E-state index contributed by atoms with van der Waals surface area (Å²) in [5.41, 5.74) is 0.0286. The van der Waals surface area contributed by atoms with Crippen LogP contribution in [0.15, 0.2) is 40.9 Å². The molecule has 0 aliphatic heterocycles. The minimum Gasteiger partial charge on any atom is -0.322 e. The summed E-state index contributed by atoms with van der Waals surface area (Å²) < 4.78 is 27.2. The van der Waals surface area contributed by atoms with Crippen LogP contribution in [0.2, 0.25) is 5.02 Å². The van der Waals surface area contributed by atoms with Crippen molar-refractivity contribution in [3.8, 4) is 0 Å². The van der Waals surface area contributed by atoms with E-state index in [1.165, 1.54) is 30.3 Å². The van der Waals surface area contributed by atoms with Crippen LogP contribution >= 0.6 is 27.5 Å². The molecule has 0 aliphatic carbocycles. The molecule has 6 heteroatoms. The zero-order valence-electron chi connectivity index (χ0n) is 9.38. The number of hydrogen-bond donors (Lipinski definition) is 1. The molecule has 0 bridgehead atoms. The monoisotopic (exact) mass is 345 g/mol. The van der Waals surface area contributed by atoms with Crippen LogP contribution in [0.4, 0.5) is 14.5 Å². The molecular formula is C13H7BrClF2NO. The van der Waals surface area contributed by atoms with Crippen molar-refractivity contribution in [3.05, 3.63) is 63.1 Å². The van der Waals surface area contributed by atoms with Crippen LogP contribution in [0.5, 0.6) is 0 Å². The van der Waals surface area contributed by atoms with Gasteiger partial charge in [-0.15, -0.1) is 0 Å². The topological polar surface area (TPSA) is 29.1 Å². The molecule has 0 spiro atoms. The van der Waals surface area contributed by atoms with E-state index in [9.17, 15) is 13.6 Å². The number of rotatable bonds is 2. The van der Waals surface area contributed by atoms with Crippen LogP contribution in [-0.4, -0.2) is 5.91 Å². The van der Waals surface area contributed by atoms with Gasteiger partial charge in [-0.2, -0.15) is 0 Å². The number of anilines is 1. The van der Waals surface area contributed by atoms with Gasteiger partial charge in [0.2, 0.25) is 0 Å². The molecule has 0 saturated carbocycles. The number of benzene rings is 2. The Bertz CT molecular complexity index is 649. The molecule has 0 saturated heterocycles. The van der Waals surface area contributed by atoms with Gasteiger partial charge in [-0.25, -0.2) is 8.78 Å². The van der Waals surface area contributed by atoms with E-state index in [2.05, 4.69) is 21.2 Å². The first-order valence-electron chi connectivity index (χ1n) is 5.19. The van der Waals surface area contributed by atoms with E-state index in [0.29, 0.717) is 0 Å². The third kappa shape index (κ3) is 3.11. The van der Waals surface area contributed by atoms with Crippen molar-refractivity contribution < 1.29 is 13.6 Å². The first-order valence-corrected chi connectivity index (χ1v) is 6.36. The second-order valence-corrected chi connectivity index (χ2v) is 4.95. The number of carbonyl (C=O) groups excluding carboxylic acids is 1. The Labute approximate surface area is 121 Å². The van der Waals surface area contributed by atoms with Gasteiger partial charge in [0, 0.05) is 5.69 Å². The highest BCUT2D eigenvalue weighted by Crippen LogP contribution is 2.22. The zero-order valence-corrected chi connectivity index (χ0v) is 11.7. The fourth-order valence-corrected chi connectivity index (χ4v) is 1.87. The van der Waals surface area contributed by atoms with Crippen LogP contribution in [0, 0.1) is 11.6 Å². The minimum atomic E-state index is -0.806. The number of amides is 1. The average molecular weight is 347 g/mol. The molecule has 0 aliphatic rings. The molecule has 2 rings (SSSR count). The molecule has 98 valence electrons. The van der Waals surface area contributed by atoms with Gasteiger partial charge in [0.05, 0.1) is 15.1 Å². The summed E-state index contributed by atoms with van der Waals surface area (Å²) in [5, 5.41) is 2.25. The molecule has 2 aromatic carbocycles. The van der Waals surface area contributed by atoms with E-state index in [0.717, 1.165) is 6.07 Å². The molecule has 19 heavy (non-hydrogen) atoms. The van der Waals surface area contributed by atoms with Crippen molar-refractivity contribution in [1.82, 2.24) is 0 Å². The number of carbonyl (C=O) groups is 1. The summed E-state index contributed by atoms with van der Waals surface area (Å²) in [5.74, 6) is -2.02. The van der Waals surface area contributed by atoms with Gasteiger partial charge >= 0.3 is 0 Å². The van der Waals surface area contributed by atoms with E-state index in [1.54, 1.807) is 0 Å². The minimum absolute atomic E-state index is 0.144. The molecule has 0 unspecified atom stereocenters. The first-order chi connectivity index (χ1) is 8.99. The first kappa shape index (κ1) is 14.0. The van der Waals surface area contributed by atoms with Gasteiger partial charge in [0.15, 0.2) is 5.82 Å². The second-order valence-electron chi connectivity index (χ2n) is 3.68. The third-order valence-corrected chi connectivity index (χ3v) is 3.31. The molecule has 0 aromatic heterocycles. The summed E-state index contributed by atoms with van der Waals surface area (Å²) in [4.78, 5) is 11.8. The molecular weight excluding hydrogens is 340 g/mol. The van der Waals surface area contributed by atoms with Crippen LogP contribution in [-0.2, 0) is 0 Å². The van der Waals surface area contributed by atoms with Gasteiger partial charge < -0.3 is 5.32 Å². The standard InChI is InChI=1S/C13H7BrClF2NO/c14-9-5-4-7(6-11(9)16)18-13(19)8-2-1-3-10(15)12(8)17/h1-6H,(H,18,19). The fourth-order valence-electron chi connectivity index (χ4n) is 1.45. The average Bonchev–Trinajstić information content (AvgIpc) is 2.37. The Morgan fingerprint density at radius 2 is 1.95 bits per heavy atom. The third-order valence-electron chi connectivity index (χ3n) is 2.37. The highest BCUT2D eigenvalue weighted by Gasteiger charge is 2.14. The largest absolute Gasteiger partial charge is 0.322 e. The smallest absolute Gasteiger partial charge is 0.258 e. The lowest BCUT2D eigenvalue weighted by Crippen LogP contribution is -2.14. The van der Waals surface area contributed by atoms with Gasteiger partial charge in [-0.3, -0.25) is 4.79 Å². The van der Waals surface area contributed by atoms with Crippen molar-refractivity contribution in [2.75, 3.05) is 5.32 Å². The number of hydrogen-bond acceptors (Lipinski definition) is 1. The lowest BCUT2D eigenvalue weighted by Gasteiger charge is -2.07. The molecule has 0 fully saturated rings. The molecule has 1 N–H and O–H groups in total. The van der Waals surface area contributed by atoms with E-state index >= 15 is 0 Å². The Kier molecular flexibility index (Phi) is 4.17. The number of nitrogens with one attached hydrogen (secondary N) is 1. The maximum Gasteiger partial charge on any atom is 0.258 e. The molecule has 0 heterocycles. The maximum atomic E-state index is 13.6. The zero-order chi connectivity index (χ0) is 14.0. The molecule has 2 nitrogen and oxygen atoms in total. The van der Waals surface area contributed by atoms with Crippen LogP contribution < -0.4 is 5.32 Å². The molecule has 2 aromatic rings. The van der Waals surface area contributed by atoms with E-state index in [-0.39, 0.29) is 20.7 Å². The van der Waals surface area contributed by atoms with Crippen LogP contribution in [0.3, 0.4) is 0 Å². The van der Waals surface area contributed by atoms with Crippen molar-refractivity contribution in [3.63, 3.8) is 0 Å². The Hall–Kier alpha value is -1.46. The van der Waals surface area contributed by atoms with Gasteiger partial charge in [0.25, 0.3) is 5.91 Å². The van der Waals surface area contributed by atoms with Crippen molar-refractivity contribution in [2.45, 2.75) is 0 Å². The predicted molar refractivity (Wildman–Crippen MR) is 73.5 cm³/mol. The SMILES string of the molecule is O=C(Nc1ccc(Br)c(F)c1)c1cccc(Cl)c1F. The van der Waals surface area contributed by atoms with Gasteiger partial charge in [-0.05, 0) is 46.3 Å². The normalized spacial score (nSPS) is 10.3. The fraction of sp³-hybridized carbons (Fsp3) is 0. The highest BCUT2D eigenvalue weighted by molar-refractivity contribution is 9.10. The summed E-state index contributed by atoms with van der Waals surface area (Å²) in [7, 11) is 0. The van der Waals surface area contributed by atoms with Crippen molar-refractivity contribution >= 4 is 39.1 Å². The van der Waals surface area contributed by atoms with Gasteiger partial charge in [-0.1, -0.05) is 17.7 Å². The number of halogens is 4. The van der Waals surface area contributed by atoms with E-state index in [1.807, 2.05) is 0 Å². The molecule has 1 amide bonds. The van der Waals surface area contributed by atoms with E-state index in [4.69, 9.17) is 11.6 Å². The second kappa shape index (κ2) is 5.67. The molecule has 0 radical (unpaired) electrons. The summed E-state index contributed by atoms with van der Waals surface area (Å²) in [6, 6.07) is 8.17. The lowest BCUT2D eigenvalue weighted by atomic mass is 10.2. The summed E-state index contributed by atoms with van der Waals surface area (Å²) >= 11 is 8.58. The predicted octanol–water partition coefficient (Wildman–Crippen LogP) is 4.63. The van der Waals surface area contributed by atoms with Gasteiger partial charge in [0.1, 0.15) is 5.82 Å². The lowest BCUT2D eigenvalue weighted by molar-refractivity contribution is 0.102. The van der Waals surface area contributed by atoms with Crippen LogP contribution in [0.1, 0.15) is 10.4 Å². The van der Waals surface area contributed by atoms with Crippen LogP contribution in [0.25, 0.3) is 0 Å². The van der Waals surface area contributed by atoms with Crippen molar-refractivity contribution in [2.24, 2.45) is 0 Å². The highest BCUT2D eigenvalue weighted by atomic mass is 79.9. The Balaban J connectivity index is 2.26. The Morgan fingerprint density at radius 3 is 2.63 bits per heavy atom.